The van der Waals surface area contributed by atoms with Gasteiger partial charge >= 0.3 is 0 Å². The van der Waals surface area contributed by atoms with E-state index in [1.54, 1.807) is 37.5 Å². The van der Waals surface area contributed by atoms with Gasteiger partial charge in [-0.2, -0.15) is 0 Å². The van der Waals surface area contributed by atoms with Gasteiger partial charge in [0.1, 0.15) is 6.61 Å². The number of nitrogens with zero attached hydrogens (tertiary/aromatic N) is 2. The molecule has 0 aliphatic rings. The topological polar surface area (TPSA) is 90.6 Å². The molecule has 7 nitrogen and oxygen atoms in total. The number of ether oxygens (including phenoxy) is 2. The number of methoxy groups -OCH3 is 1. The van der Waals surface area contributed by atoms with Gasteiger partial charge in [0.15, 0.2) is 16.5 Å². The Kier molecular flexibility index (Phi) is 8.23. The molecule has 1 N–H and O–H groups in total. The van der Waals surface area contributed by atoms with Crippen LogP contribution in [0.2, 0.25) is 0 Å². The normalized spacial score (nSPS) is 13.8. The minimum Gasteiger partial charge on any atom is -0.493 e. The van der Waals surface area contributed by atoms with Crippen LogP contribution in [0.1, 0.15) is 12.5 Å². The molecule has 0 radical (unpaired) electrons. The van der Waals surface area contributed by atoms with Crippen LogP contribution in [0.4, 0.5) is 0 Å². The number of aliphatic hydroxyl groups is 1. The number of aromatic nitrogens is 2. The zero-order chi connectivity index (χ0) is 24.0. The summed E-state index contributed by atoms with van der Waals surface area (Å²) >= 11 is 1.31. The predicted molar refractivity (Wildman–Crippen MR) is 134 cm³/mol. The Balaban J connectivity index is 1.80. The van der Waals surface area contributed by atoms with Crippen molar-refractivity contribution in [2.24, 2.45) is 0 Å². The van der Waals surface area contributed by atoms with E-state index in [1.165, 1.54) is 23.4 Å². The largest absolute Gasteiger partial charge is 0.493 e. The maximum absolute atomic E-state index is 13.0. The highest BCUT2D eigenvalue weighted by Gasteiger charge is 2.15. The van der Waals surface area contributed by atoms with Gasteiger partial charge in [-0.1, -0.05) is 36.4 Å². The molecule has 2 atom stereocenters. The third kappa shape index (κ3) is 6.63. The fourth-order valence-electron chi connectivity index (χ4n) is 3.01. The van der Waals surface area contributed by atoms with E-state index >= 15 is 0 Å². The summed E-state index contributed by atoms with van der Waals surface area (Å²) in [5.74, 6) is 4.93. The van der Waals surface area contributed by atoms with Gasteiger partial charge in [-0.25, -0.2) is 4.98 Å². The molecule has 0 bridgehead atoms. The smallest absolute Gasteiger partial charge is 0.287 e. The number of hydrogen-bond acceptors (Lipinski definition) is 7. The summed E-state index contributed by atoms with van der Waals surface area (Å²) in [7, 11) is -0.826. The Morgan fingerprint density at radius 2 is 1.94 bits per heavy atom. The summed E-state index contributed by atoms with van der Waals surface area (Å²) in [6.07, 6.45) is 2.26. The Bertz CT molecular complexity index is 1250. The highest BCUT2D eigenvalue weighted by Crippen LogP contribution is 2.30. The molecular formula is C24H28N2O5S2. The molecule has 0 fully saturated rings. The monoisotopic (exact) mass is 488 g/mol. The van der Waals surface area contributed by atoms with E-state index in [4.69, 9.17) is 9.47 Å². The van der Waals surface area contributed by atoms with Crippen molar-refractivity contribution in [3.05, 3.63) is 70.8 Å². The number of rotatable bonds is 10. The first-order chi connectivity index (χ1) is 15.7. The van der Waals surface area contributed by atoms with Crippen molar-refractivity contribution in [1.29, 1.82) is 0 Å². The van der Waals surface area contributed by atoms with Crippen LogP contribution in [0.25, 0.3) is 5.69 Å². The quantitative estimate of drug-likeness (QED) is 0.438. The molecule has 176 valence electrons. The lowest BCUT2D eigenvalue weighted by atomic mass is 10.2. The molecule has 0 amide bonds. The zero-order valence-corrected chi connectivity index (χ0v) is 20.5. The SMILES string of the molecule is C=S(=O)(CC)CC(O)COc1ccc(-n2ccnc(Sc3ccc(C)cc3)c2=O)cc1OC. The fraction of sp³-hybridized carbons (Fsp3) is 0.292. The maximum Gasteiger partial charge on any atom is 0.287 e. The van der Waals surface area contributed by atoms with E-state index in [0.717, 1.165) is 10.5 Å². The fourth-order valence-corrected chi connectivity index (χ4v) is 4.84. The Morgan fingerprint density at radius 1 is 1.21 bits per heavy atom. The predicted octanol–water partition coefficient (Wildman–Crippen LogP) is 3.18. The minimum atomic E-state index is -2.32. The van der Waals surface area contributed by atoms with Crippen LogP contribution < -0.4 is 15.0 Å². The van der Waals surface area contributed by atoms with Crippen molar-refractivity contribution in [1.82, 2.24) is 9.55 Å². The Morgan fingerprint density at radius 3 is 2.61 bits per heavy atom. The summed E-state index contributed by atoms with van der Waals surface area (Å²) < 4.78 is 24.7. The van der Waals surface area contributed by atoms with E-state index < -0.39 is 15.6 Å². The van der Waals surface area contributed by atoms with Crippen LogP contribution in [0.5, 0.6) is 11.5 Å². The van der Waals surface area contributed by atoms with Gasteiger partial charge in [0, 0.05) is 34.9 Å². The molecule has 2 aromatic carbocycles. The summed E-state index contributed by atoms with van der Waals surface area (Å²) in [6.45, 7) is 3.74. The highest BCUT2D eigenvalue weighted by molar-refractivity contribution is 8.00. The minimum absolute atomic E-state index is 0.0469. The van der Waals surface area contributed by atoms with E-state index in [9.17, 15) is 14.1 Å². The lowest BCUT2D eigenvalue weighted by Crippen LogP contribution is -2.27. The first-order valence-electron chi connectivity index (χ1n) is 10.4. The second-order valence-corrected chi connectivity index (χ2v) is 11.4. The van der Waals surface area contributed by atoms with Crippen LogP contribution >= 0.6 is 11.8 Å². The van der Waals surface area contributed by atoms with Crippen LogP contribution in [0.3, 0.4) is 0 Å². The van der Waals surface area contributed by atoms with E-state index in [0.29, 0.717) is 28.0 Å². The molecule has 0 saturated heterocycles. The van der Waals surface area contributed by atoms with Crippen LogP contribution in [0, 0.1) is 6.92 Å². The Labute approximate surface area is 198 Å². The third-order valence-electron chi connectivity index (χ3n) is 4.92. The van der Waals surface area contributed by atoms with Crippen molar-refractivity contribution >= 4 is 27.2 Å². The maximum atomic E-state index is 13.0. The summed E-state index contributed by atoms with van der Waals surface area (Å²) in [6, 6.07) is 13.0. The van der Waals surface area contributed by atoms with Crippen LogP contribution in [0.15, 0.2) is 69.6 Å². The van der Waals surface area contributed by atoms with Gasteiger partial charge in [-0.05, 0) is 46.6 Å². The van der Waals surface area contributed by atoms with Gasteiger partial charge in [0.05, 0.1) is 18.9 Å². The van der Waals surface area contributed by atoms with E-state index in [2.05, 4.69) is 10.9 Å². The second-order valence-electron chi connectivity index (χ2n) is 7.54. The standard InChI is InChI=1S/C24H28N2O5S2/c1-5-33(4,29)16-19(27)15-31-21-11-8-18(14-22(21)30-3)26-13-12-25-23(24(26)28)32-20-9-6-17(2)7-10-20/h6-14,19,27H,4-5,15-16H2,1-3H3. The van der Waals surface area contributed by atoms with Gasteiger partial charge in [0.25, 0.3) is 5.56 Å². The molecule has 2 unspecified atom stereocenters. The van der Waals surface area contributed by atoms with Gasteiger partial charge < -0.3 is 14.6 Å². The Hall–Kier alpha value is -2.75. The van der Waals surface area contributed by atoms with Gasteiger partial charge in [-0.15, -0.1) is 0 Å². The second kappa shape index (κ2) is 10.9. The van der Waals surface area contributed by atoms with Crippen molar-refractivity contribution in [2.75, 3.05) is 25.2 Å². The van der Waals surface area contributed by atoms with Crippen LogP contribution in [-0.2, 0) is 9.52 Å². The van der Waals surface area contributed by atoms with E-state index in [-0.39, 0.29) is 17.9 Å². The average Bonchev–Trinajstić information content (AvgIpc) is 2.80. The van der Waals surface area contributed by atoms with Crippen molar-refractivity contribution < 1.29 is 18.8 Å². The molecule has 1 heterocycles. The highest BCUT2D eigenvalue weighted by atomic mass is 32.2. The lowest BCUT2D eigenvalue weighted by molar-refractivity contribution is 0.123. The molecule has 0 aliphatic carbocycles. The first-order valence-corrected chi connectivity index (χ1v) is 13.2. The van der Waals surface area contributed by atoms with Crippen molar-refractivity contribution in [2.45, 2.75) is 29.9 Å². The zero-order valence-electron chi connectivity index (χ0n) is 18.9. The molecule has 0 saturated carbocycles. The number of benzene rings is 2. The molecule has 0 aliphatic heterocycles. The number of aliphatic hydroxyl groups excluding tert-OH is 1. The summed E-state index contributed by atoms with van der Waals surface area (Å²) in [5.41, 5.74) is 1.48. The number of aryl methyl sites for hydroxylation is 1. The third-order valence-corrected chi connectivity index (χ3v) is 7.95. The molecule has 3 aromatic rings. The van der Waals surface area contributed by atoms with Crippen molar-refractivity contribution in [3.63, 3.8) is 0 Å². The summed E-state index contributed by atoms with van der Waals surface area (Å²) in [5, 5.41) is 10.5. The number of hydrogen-bond donors (Lipinski definition) is 1. The molecule has 9 heteroatoms. The lowest BCUT2D eigenvalue weighted by Gasteiger charge is -2.17. The van der Waals surface area contributed by atoms with Crippen molar-refractivity contribution in [3.8, 4) is 17.2 Å². The van der Waals surface area contributed by atoms with Crippen LogP contribution in [-0.4, -0.2) is 56.1 Å². The molecule has 3 rings (SSSR count). The molecule has 33 heavy (non-hydrogen) atoms. The molecule has 1 aromatic heterocycles. The van der Waals surface area contributed by atoms with Gasteiger partial charge in [-0.3, -0.25) is 13.6 Å². The van der Waals surface area contributed by atoms with E-state index in [1.807, 2.05) is 31.2 Å². The average molecular weight is 489 g/mol. The first kappa shape index (κ1) is 24.9. The van der Waals surface area contributed by atoms with Gasteiger partial charge in [0.2, 0.25) is 0 Å². The summed E-state index contributed by atoms with van der Waals surface area (Å²) in [4.78, 5) is 18.2. The molecule has 0 spiro atoms. The molecular weight excluding hydrogens is 460 g/mol.